The van der Waals surface area contributed by atoms with Crippen molar-refractivity contribution in [1.29, 1.82) is 0 Å². The van der Waals surface area contributed by atoms with Crippen LogP contribution in [0.3, 0.4) is 0 Å². The Bertz CT molecular complexity index is 763. The number of carbonyl (C=O) groups is 3. The average Bonchev–Trinajstić information content (AvgIpc) is 2.65. The van der Waals surface area contributed by atoms with Gasteiger partial charge in [0, 0.05) is 10.0 Å². The monoisotopic (exact) mass is 418 g/mol. The topological polar surface area (TPSA) is 84.5 Å². The predicted octanol–water partition coefficient (Wildman–Crippen LogP) is 2.60. The van der Waals surface area contributed by atoms with Crippen molar-refractivity contribution in [2.45, 2.75) is 13.0 Å². The number of esters is 1. The standard InChI is InChI=1S/C19H19BrN2O4/c1-13(14-5-3-2-4-6-14)22-17(23)12-26-18(24)11-21-19(25)15-7-9-16(20)10-8-15/h2-10,13H,11-12H2,1H3,(H,21,25)(H,22,23)/t13-/m1/s1. The third-order valence-electron chi connectivity index (χ3n) is 3.54. The zero-order chi connectivity index (χ0) is 18.9. The van der Waals surface area contributed by atoms with E-state index >= 15 is 0 Å². The van der Waals surface area contributed by atoms with Crippen LogP contribution in [-0.2, 0) is 14.3 Å². The molecule has 0 saturated carbocycles. The molecule has 2 aromatic rings. The lowest BCUT2D eigenvalue weighted by Crippen LogP contribution is -2.34. The number of nitrogens with one attached hydrogen (secondary N) is 2. The summed E-state index contributed by atoms with van der Waals surface area (Å²) in [6, 6.07) is 16.0. The first-order valence-corrected chi connectivity index (χ1v) is 8.78. The molecule has 0 saturated heterocycles. The van der Waals surface area contributed by atoms with E-state index < -0.39 is 24.4 Å². The zero-order valence-corrected chi connectivity index (χ0v) is 15.8. The highest BCUT2D eigenvalue weighted by Crippen LogP contribution is 2.11. The van der Waals surface area contributed by atoms with Gasteiger partial charge in [-0.1, -0.05) is 46.3 Å². The highest BCUT2D eigenvalue weighted by molar-refractivity contribution is 9.10. The maximum absolute atomic E-state index is 11.9. The molecule has 0 aliphatic rings. The van der Waals surface area contributed by atoms with Gasteiger partial charge in [0.15, 0.2) is 6.61 Å². The van der Waals surface area contributed by atoms with Crippen molar-refractivity contribution in [3.63, 3.8) is 0 Å². The fourth-order valence-corrected chi connectivity index (χ4v) is 2.43. The van der Waals surface area contributed by atoms with E-state index in [4.69, 9.17) is 4.74 Å². The summed E-state index contributed by atoms with van der Waals surface area (Å²) in [6.45, 7) is 1.13. The second-order valence-electron chi connectivity index (χ2n) is 5.55. The molecule has 26 heavy (non-hydrogen) atoms. The Morgan fingerprint density at radius 1 is 1.04 bits per heavy atom. The number of benzene rings is 2. The van der Waals surface area contributed by atoms with Gasteiger partial charge in [0.05, 0.1) is 6.04 Å². The van der Waals surface area contributed by atoms with E-state index in [1.165, 1.54) is 0 Å². The summed E-state index contributed by atoms with van der Waals surface area (Å²) < 4.78 is 5.72. The first kappa shape index (κ1) is 19.7. The lowest BCUT2D eigenvalue weighted by Gasteiger charge is -2.14. The SMILES string of the molecule is C[C@@H](NC(=O)COC(=O)CNC(=O)c1ccc(Br)cc1)c1ccccc1. The Labute approximate surface area is 160 Å². The molecule has 0 unspecified atom stereocenters. The number of amides is 2. The van der Waals surface area contributed by atoms with Gasteiger partial charge in [-0.3, -0.25) is 14.4 Å². The third kappa shape index (κ3) is 6.33. The molecule has 2 amide bonds. The predicted molar refractivity (Wildman–Crippen MR) is 100 cm³/mol. The summed E-state index contributed by atoms with van der Waals surface area (Å²) in [5.41, 5.74) is 1.38. The summed E-state index contributed by atoms with van der Waals surface area (Å²) in [6.07, 6.45) is 0. The average molecular weight is 419 g/mol. The molecule has 0 spiro atoms. The van der Waals surface area contributed by atoms with Crippen LogP contribution in [0, 0.1) is 0 Å². The molecule has 0 aliphatic carbocycles. The van der Waals surface area contributed by atoms with Crippen LogP contribution in [0.2, 0.25) is 0 Å². The summed E-state index contributed by atoms with van der Waals surface area (Å²) in [5, 5.41) is 5.19. The van der Waals surface area contributed by atoms with Crippen molar-refractivity contribution >= 4 is 33.7 Å². The van der Waals surface area contributed by atoms with E-state index in [2.05, 4.69) is 26.6 Å². The molecular weight excluding hydrogens is 400 g/mol. The Morgan fingerprint density at radius 3 is 2.35 bits per heavy atom. The van der Waals surface area contributed by atoms with Crippen molar-refractivity contribution in [2.24, 2.45) is 0 Å². The number of hydrogen-bond acceptors (Lipinski definition) is 4. The van der Waals surface area contributed by atoms with Crippen molar-refractivity contribution in [3.05, 3.63) is 70.2 Å². The molecule has 136 valence electrons. The highest BCUT2D eigenvalue weighted by Gasteiger charge is 2.13. The molecule has 0 radical (unpaired) electrons. The molecule has 0 bridgehead atoms. The second-order valence-corrected chi connectivity index (χ2v) is 6.47. The summed E-state index contributed by atoms with van der Waals surface area (Å²) in [4.78, 5) is 35.4. The van der Waals surface area contributed by atoms with Crippen LogP contribution in [0.15, 0.2) is 59.1 Å². The van der Waals surface area contributed by atoms with E-state index in [1.54, 1.807) is 24.3 Å². The maximum atomic E-state index is 11.9. The van der Waals surface area contributed by atoms with Crippen LogP contribution in [0.4, 0.5) is 0 Å². The molecule has 1 atom stereocenters. The van der Waals surface area contributed by atoms with Crippen LogP contribution >= 0.6 is 15.9 Å². The largest absolute Gasteiger partial charge is 0.454 e. The lowest BCUT2D eigenvalue weighted by atomic mass is 10.1. The van der Waals surface area contributed by atoms with Crippen LogP contribution in [0.5, 0.6) is 0 Å². The molecular formula is C19H19BrN2O4. The summed E-state index contributed by atoms with van der Waals surface area (Å²) in [5.74, 6) is -1.48. The third-order valence-corrected chi connectivity index (χ3v) is 4.07. The van der Waals surface area contributed by atoms with Crippen molar-refractivity contribution < 1.29 is 19.1 Å². The van der Waals surface area contributed by atoms with E-state index in [0.717, 1.165) is 10.0 Å². The summed E-state index contributed by atoms with van der Waals surface area (Å²) >= 11 is 3.28. The molecule has 0 fully saturated rings. The molecule has 7 heteroatoms. The van der Waals surface area contributed by atoms with E-state index in [-0.39, 0.29) is 12.6 Å². The molecule has 2 rings (SSSR count). The van der Waals surface area contributed by atoms with Crippen molar-refractivity contribution in [3.8, 4) is 0 Å². The van der Waals surface area contributed by atoms with Gasteiger partial charge in [0.25, 0.3) is 11.8 Å². The number of hydrogen-bond donors (Lipinski definition) is 2. The maximum Gasteiger partial charge on any atom is 0.325 e. The van der Waals surface area contributed by atoms with Gasteiger partial charge < -0.3 is 15.4 Å². The van der Waals surface area contributed by atoms with Crippen LogP contribution in [-0.4, -0.2) is 30.9 Å². The minimum Gasteiger partial charge on any atom is -0.454 e. The molecule has 2 aromatic carbocycles. The van der Waals surface area contributed by atoms with Gasteiger partial charge >= 0.3 is 5.97 Å². The van der Waals surface area contributed by atoms with Gasteiger partial charge in [-0.25, -0.2) is 0 Å². The number of halogens is 1. The molecule has 0 aromatic heterocycles. The van der Waals surface area contributed by atoms with Crippen molar-refractivity contribution in [1.82, 2.24) is 10.6 Å². The van der Waals surface area contributed by atoms with Gasteiger partial charge in [0.2, 0.25) is 0 Å². The van der Waals surface area contributed by atoms with E-state index in [0.29, 0.717) is 5.56 Å². The Morgan fingerprint density at radius 2 is 1.69 bits per heavy atom. The normalized spacial score (nSPS) is 11.3. The first-order chi connectivity index (χ1) is 12.5. The minimum absolute atomic E-state index is 0.195. The number of ether oxygens (including phenoxy) is 1. The van der Waals surface area contributed by atoms with Crippen LogP contribution < -0.4 is 10.6 Å². The van der Waals surface area contributed by atoms with Crippen molar-refractivity contribution in [2.75, 3.05) is 13.2 Å². The minimum atomic E-state index is -0.682. The number of rotatable bonds is 7. The smallest absolute Gasteiger partial charge is 0.325 e. The van der Waals surface area contributed by atoms with Gasteiger partial charge in [-0.05, 0) is 36.8 Å². The highest BCUT2D eigenvalue weighted by atomic mass is 79.9. The molecule has 6 nitrogen and oxygen atoms in total. The summed E-state index contributed by atoms with van der Waals surface area (Å²) in [7, 11) is 0. The van der Waals surface area contributed by atoms with Crippen LogP contribution in [0.25, 0.3) is 0 Å². The van der Waals surface area contributed by atoms with Gasteiger partial charge in [0.1, 0.15) is 6.54 Å². The Kier molecular flexibility index (Phi) is 7.35. The fraction of sp³-hybridized carbons (Fsp3) is 0.211. The molecule has 2 N–H and O–H groups in total. The lowest BCUT2D eigenvalue weighted by molar-refractivity contribution is -0.147. The fourth-order valence-electron chi connectivity index (χ4n) is 2.16. The van der Waals surface area contributed by atoms with Gasteiger partial charge in [-0.2, -0.15) is 0 Å². The molecule has 0 heterocycles. The zero-order valence-electron chi connectivity index (χ0n) is 14.2. The Hall–Kier alpha value is -2.67. The quantitative estimate of drug-likeness (QED) is 0.676. The van der Waals surface area contributed by atoms with Gasteiger partial charge in [-0.15, -0.1) is 0 Å². The second kappa shape index (κ2) is 9.72. The number of carbonyl (C=O) groups excluding carboxylic acids is 3. The Balaban J connectivity index is 1.70. The van der Waals surface area contributed by atoms with E-state index in [9.17, 15) is 14.4 Å². The molecule has 0 aliphatic heterocycles. The van der Waals surface area contributed by atoms with E-state index in [1.807, 2.05) is 37.3 Å². The first-order valence-electron chi connectivity index (χ1n) is 7.99. The van der Waals surface area contributed by atoms with Crippen LogP contribution in [0.1, 0.15) is 28.9 Å².